The second-order valence-corrected chi connectivity index (χ2v) is 8.11. The zero-order valence-electron chi connectivity index (χ0n) is 15.0. The third kappa shape index (κ3) is 3.37. The fourth-order valence-electron chi connectivity index (χ4n) is 4.33. The number of esters is 1. The van der Waals surface area contributed by atoms with Crippen molar-refractivity contribution in [2.45, 2.75) is 50.3 Å². The fraction of sp³-hybridized carbons (Fsp3) is 0.550. The Labute approximate surface area is 162 Å². The largest absolute Gasteiger partial charge is 0.478 e. The van der Waals surface area contributed by atoms with Gasteiger partial charge in [-0.15, -0.1) is 0 Å². The lowest BCUT2D eigenvalue weighted by atomic mass is 10.0. The molecule has 2 fully saturated rings. The van der Waals surface area contributed by atoms with Crippen LogP contribution in [0.2, 0.25) is 0 Å². The summed E-state index contributed by atoms with van der Waals surface area (Å²) in [6.07, 6.45) is 5.16. The van der Waals surface area contributed by atoms with Crippen molar-refractivity contribution in [3.63, 3.8) is 0 Å². The van der Waals surface area contributed by atoms with Gasteiger partial charge in [-0.25, -0.2) is 4.79 Å². The number of carbonyl (C=O) groups excluding carboxylic acids is 1. The van der Waals surface area contributed by atoms with Crippen LogP contribution in [-0.4, -0.2) is 53.0 Å². The lowest BCUT2D eigenvalue weighted by Gasteiger charge is -2.35. The summed E-state index contributed by atoms with van der Waals surface area (Å²) >= 11 is 3.41. The van der Waals surface area contributed by atoms with Gasteiger partial charge in [0.15, 0.2) is 0 Å². The average molecular weight is 421 g/mol. The molecule has 2 aliphatic heterocycles. The van der Waals surface area contributed by atoms with Crippen molar-refractivity contribution in [2.75, 3.05) is 19.0 Å². The van der Waals surface area contributed by atoms with Gasteiger partial charge in [-0.3, -0.25) is 0 Å². The number of hydrogen-bond donors (Lipinski definition) is 1. The molecule has 5 nitrogen and oxygen atoms in total. The highest BCUT2D eigenvalue weighted by molar-refractivity contribution is 9.09. The Bertz CT molecular complexity index is 776. The number of nitrogens with zero attached hydrogens (tertiary/aromatic N) is 1. The Morgan fingerprint density at radius 1 is 1.27 bits per heavy atom. The molecule has 140 valence electrons. The smallest absolute Gasteiger partial charge is 0.344 e. The van der Waals surface area contributed by atoms with E-state index in [1.807, 2.05) is 24.3 Å². The molecule has 1 N–H and O–H groups in total. The first kappa shape index (κ1) is 17.9. The number of hydrogen-bond acceptors (Lipinski definition) is 4. The van der Waals surface area contributed by atoms with Gasteiger partial charge in [0.2, 0.25) is 5.88 Å². The second-order valence-electron chi connectivity index (χ2n) is 7.31. The monoisotopic (exact) mass is 420 g/mol. The van der Waals surface area contributed by atoms with Crippen LogP contribution in [0.25, 0.3) is 10.9 Å². The number of benzene rings is 1. The van der Waals surface area contributed by atoms with Crippen LogP contribution in [0.4, 0.5) is 0 Å². The van der Waals surface area contributed by atoms with Crippen LogP contribution in [0.15, 0.2) is 24.3 Å². The van der Waals surface area contributed by atoms with Crippen molar-refractivity contribution in [3.05, 3.63) is 29.8 Å². The van der Waals surface area contributed by atoms with Crippen molar-refractivity contribution in [1.82, 2.24) is 9.88 Å². The van der Waals surface area contributed by atoms with E-state index in [2.05, 4.69) is 32.9 Å². The van der Waals surface area contributed by atoms with Gasteiger partial charge in [-0.1, -0.05) is 34.1 Å². The molecule has 0 aliphatic carbocycles. The number of fused-ring (bicyclic) bond motifs is 3. The standard InChI is InChI=1S/C20H25BrN2O3/c1-23-13-7-8-14(23)12-15(11-13)26-20(24)18-16-5-2-3-6-17(16)22-19(18)25-10-4-9-21/h2-3,5-6,13-15,22H,4,7-12H2,1H3/t13-,14+,15?. The van der Waals surface area contributed by atoms with Crippen LogP contribution in [0.3, 0.4) is 0 Å². The molecule has 0 saturated carbocycles. The lowest BCUT2D eigenvalue weighted by Crippen LogP contribution is -2.43. The summed E-state index contributed by atoms with van der Waals surface area (Å²) in [5, 5.41) is 1.73. The van der Waals surface area contributed by atoms with E-state index in [-0.39, 0.29) is 12.1 Å². The third-order valence-corrected chi connectivity index (χ3v) is 6.29. The van der Waals surface area contributed by atoms with Crippen LogP contribution in [-0.2, 0) is 4.74 Å². The second kappa shape index (κ2) is 7.61. The molecule has 2 aliphatic rings. The molecule has 1 aromatic carbocycles. The maximum absolute atomic E-state index is 13.0. The molecule has 0 spiro atoms. The molecule has 3 heterocycles. The van der Waals surface area contributed by atoms with Crippen LogP contribution in [0.5, 0.6) is 5.88 Å². The molecule has 0 amide bonds. The van der Waals surface area contributed by atoms with Gasteiger partial charge >= 0.3 is 5.97 Å². The predicted octanol–water partition coefficient (Wildman–Crippen LogP) is 4.11. The Morgan fingerprint density at radius 3 is 2.73 bits per heavy atom. The molecule has 1 aromatic heterocycles. The first-order chi connectivity index (χ1) is 12.7. The van der Waals surface area contributed by atoms with Crippen molar-refractivity contribution < 1.29 is 14.3 Å². The number of aromatic nitrogens is 1. The molecule has 2 aromatic rings. The first-order valence-corrected chi connectivity index (χ1v) is 10.5. The molecular formula is C20H25BrN2O3. The molecule has 2 saturated heterocycles. The number of ether oxygens (including phenoxy) is 2. The minimum atomic E-state index is -0.273. The number of H-pyrrole nitrogens is 1. The van der Waals surface area contributed by atoms with E-state index in [1.165, 1.54) is 12.8 Å². The number of rotatable bonds is 6. The number of piperidine rings is 1. The maximum Gasteiger partial charge on any atom is 0.344 e. The normalized spacial score (nSPS) is 25.5. The van der Waals surface area contributed by atoms with E-state index in [0.717, 1.165) is 35.5 Å². The van der Waals surface area contributed by atoms with E-state index < -0.39 is 0 Å². The minimum absolute atomic E-state index is 0.000235. The summed E-state index contributed by atoms with van der Waals surface area (Å²) in [6.45, 7) is 0.552. The highest BCUT2D eigenvalue weighted by atomic mass is 79.9. The summed E-state index contributed by atoms with van der Waals surface area (Å²) in [7, 11) is 2.19. The molecule has 26 heavy (non-hydrogen) atoms. The topological polar surface area (TPSA) is 54.6 Å². The number of alkyl halides is 1. The van der Waals surface area contributed by atoms with E-state index in [9.17, 15) is 4.79 Å². The number of para-hydroxylation sites is 1. The quantitative estimate of drug-likeness (QED) is 0.433. The summed E-state index contributed by atoms with van der Waals surface area (Å²) in [5.74, 6) is 0.248. The molecular weight excluding hydrogens is 396 g/mol. The Morgan fingerprint density at radius 2 is 2.00 bits per heavy atom. The van der Waals surface area contributed by atoms with E-state index >= 15 is 0 Å². The number of aromatic amines is 1. The van der Waals surface area contributed by atoms with Gasteiger partial charge in [0.1, 0.15) is 11.7 Å². The maximum atomic E-state index is 13.0. The molecule has 2 bridgehead atoms. The van der Waals surface area contributed by atoms with E-state index in [1.54, 1.807) is 0 Å². The average Bonchev–Trinajstić information content (AvgIpc) is 3.08. The Kier molecular flexibility index (Phi) is 5.23. The van der Waals surface area contributed by atoms with Crippen molar-refractivity contribution in [1.29, 1.82) is 0 Å². The SMILES string of the molecule is CN1[C@@H]2CC[C@H]1CC(OC(=O)c1c(OCCCBr)[nH]c3ccccc13)C2. The summed E-state index contributed by atoms with van der Waals surface area (Å²) in [4.78, 5) is 18.7. The summed E-state index contributed by atoms with van der Waals surface area (Å²) < 4.78 is 11.8. The Hall–Kier alpha value is -1.53. The fourth-order valence-corrected chi connectivity index (χ4v) is 4.55. The summed E-state index contributed by atoms with van der Waals surface area (Å²) in [5.41, 5.74) is 1.43. The summed E-state index contributed by atoms with van der Waals surface area (Å²) in [6, 6.07) is 8.88. The minimum Gasteiger partial charge on any atom is -0.478 e. The van der Waals surface area contributed by atoms with Gasteiger partial charge < -0.3 is 19.4 Å². The predicted molar refractivity (Wildman–Crippen MR) is 105 cm³/mol. The highest BCUT2D eigenvalue weighted by Crippen LogP contribution is 2.37. The van der Waals surface area contributed by atoms with Crippen molar-refractivity contribution >= 4 is 32.8 Å². The number of nitrogens with one attached hydrogen (secondary N) is 1. The van der Waals surface area contributed by atoms with E-state index in [4.69, 9.17) is 9.47 Å². The van der Waals surface area contributed by atoms with Crippen molar-refractivity contribution in [2.24, 2.45) is 0 Å². The lowest BCUT2D eigenvalue weighted by molar-refractivity contribution is -0.000554. The Balaban J connectivity index is 1.54. The zero-order valence-corrected chi connectivity index (χ0v) is 16.6. The van der Waals surface area contributed by atoms with Gasteiger partial charge in [0.25, 0.3) is 0 Å². The first-order valence-electron chi connectivity index (χ1n) is 9.39. The molecule has 3 atom stereocenters. The van der Waals surface area contributed by atoms with Gasteiger partial charge in [-0.05, 0) is 32.4 Å². The molecule has 6 heteroatoms. The third-order valence-electron chi connectivity index (χ3n) is 5.73. The molecule has 4 rings (SSSR count). The van der Waals surface area contributed by atoms with Gasteiger partial charge in [0, 0.05) is 41.2 Å². The van der Waals surface area contributed by atoms with Crippen molar-refractivity contribution in [3.8, 4) is 5.88 Å². The molecule has 0 radical (unpaired) electrons. The van der Waals surface area contributed by atoms with Crippen LogP contribution < -0.4 is 4.74 Å². The van der Waals surface area contributed by atoms with Crippen LogP contribution in [0, 0.1) is 0 Å². The van der Waals surface area contributed by atoms with Gasteiger partial charge in [-0.2, -0.15) is 0 Å². The highest BCUT2D eigenvalue weighted by Gasteiger charge is 2.40. The van der Waals surface area contributed by atoms with Crippen LogP contribution >= 0.6 is 15.9 Å². The van der Waals surface area contributed by atoms with Crippen LogP contribution in [0.1, 0.15) is 42.5 Å². The number of carbonyl (C=O) groups is 1. The number of halogens is 1. The zero-order chi connectivity index (χ0) is 18.1. The van der Waals surface area contributed by atoms with Gasteiger partial charge in [0.05, 0.1) is 6.61 Å². The van der Waals surface area contributed by atoms with E-state index in [0.29, 0.717) is 30.1 Å². The molecule has 1 unspecified atom stereocenters.